The van der Waals surface area contributed by atoms with Gasteiger partial charge in [0.25, 0.3) is 0 Å². The molecule has 1 aliphatic carbocycles. The first kappa shape index (κ1) is 15.1. The Morgan fingerprint density at radius 2 is 1.84 bits per heavy atom. The number of ether oxygens (including phenoxy) is 3. The Bertz CT molecular complexity index is 334. The summed E-state index contributed by atoms with van der Waals surface area (Å²) in [6, 6.07) is 0. The fraction of sp³-hybridized carbons (Fsp3) is 1.00. The first-order valence-electron chi connectivity index (χ1n) is 6.39. The molecule has 2 fully saturated rings. The van der Waals surface area contributed by atoms with Gasteiger partial charge in [-0.3, -0.25) is 0 Å². The van der Waals surface area contributed by atoms with Crippen molar-refractivity contribution in [1.82, 2.24) is 0 Å². The predicted octanol–water partition coefficient (Wildman–Crippen LogP) is -1.42. The van der Waals surface area contributed by atoms with Crippen molar-refractivity contribution in [3.05, 3.63) is 0 Å². The molecule has 2 rings (SSSR count). The van der Waals surface area contributed by atoms with Crippen molar-refractivity contribution in [1.29, 1.82) is 0 Å². The van der Waals surface area contributed by atoms with Crippen molar-refractivity contribution < 1.29 is 34.6 Å². The van der Waals surface area contributed by atoms with Crippen molar-refractivity contribution in [2.75, 3.05) is 13.4 Å². The van der Waals surface area contributed by atoms with Crippen LogP contribution >= 0.6 is 0 Å². The Morgan fingerprint density at radius 1 is 1.21 bits per heavy atom. The number of fused-ring (bicyclic) bond motifs is 1. The lowest BCUT2D eigenvalue weighted by molar-refractivity contribution is -0.425. The van der Waals surface area contributed by atoms with Crippen molar-refractivity contribution in [2.24, 2.45) is 5.41 Å². The Morgan fingerprint density at radius 3 is 2.42 bits per heavy atom. The minimum Gasteiger partial charge on any atom is -0.390 e. The van der Waals surface area contributed by atoms with Gasteiger partial charge in [0.05, 0.1) is 6.10 Å². The maximum atomic E-state index is 10.7. The molecule has 1 saturated heterocycles. The average Bonchev–Trinajstić information content (AvgIpc) is 2.37. The standard InChI is InChI=1S/C12H22O7/c1-4-17-5-18-8-6(13)10(15)19-9-7(14)11(2,3)12(8,9)16/h6-10,13-16H,4-5H2,1-3H3/t6-,7?,8+,9+,10+,12-/m0/s1. The van der Waals surface area contributed by atoms with E-state index in [9.17, 15) is 20.4 Å². The molecule has 7 nitrogen and oxygen atoms in total. The van der Waals surface area contributed by atoms with Crippen LogP contribution in [0, 0.1) is 5.41 Å². The van der Waals surface area contributed by atoms with Crippen LogP contribution < -0.4 is 0 Å². The quantitative estimate of drug-likeness (QED) is 0.369. The highest BCUT2D eigenvalue weighted by atomic mass is 16.7. The van der Waals surface area contributed by atoms with E-state index in [0.29, 0.717) is 6.61 Å². The number of aliphatic hydroxyl groups excluding tert-OH is 3. The molecule has 0 bridgehead atoms. The van der Waals surface area contributed by atoms with Gasteiger partial charge in [-0.2, -0.15) is 0 Å². The van der Waals surface area contributed by atoms with E-state index in [1.54, 1.807) is 20.8 Å². The van der Waals surface area contributed by atoms with E-state index in [4.69, 9.17) is 14.2 Å². The summed E-state index contributed by atoms with van der Waals surface area (Å²) in [7, 11) is 0. The molecular weight excluding hydrogens is 256 g/mol. The zero-order valence-electron chi connectivity index (χ0n) is 11.3. The van der Waals surface area contributed by atoms with Gasteiger partial charge in [-0.15, -0.1) is 0 Å². The highest BCUT2D eigenvalue weighted by Gasteiger charge is 2.75. The van der Waals surface area contributed by atoms with E-state index in [-0.39, 0.29) is 6.79 Å². The highest BCUT2D eigenvalue weighted by molar-refractivity contribution is 5.23. The van der Waals surface area contributed by atoms with E-state index >= 15 is 0 Å². The number of rotatable bonds is 4. The van der Waals surface area contributed by atoms with Crippen LogP contribution in [0.2, 0.25) is 0 Å². The molecule has 0 spiro atoms. The Balaban J connectivity index is 2.20. The molecular formula is C12H22O7. The number of hydrogen-bond donors (Lipinski definition) is 4. The van der Waals surface area contributed by atoms with Crippen molar-refractivity contribution >= 4 is 0 Å². The zero-order valence-corrected chi connectivity index (χ0v) is 11.3. The molecule has 1 saturated carbocycles. The number of aliphatic hydroxyl groups is 4. The van der Waals surface area contributed by atoms with E-state index < -0.39 is 41.7 Å². The van der Waals surface area contributed by atoms with Crippen molar-refractivity contribution in [3.63, 3.8) is 0 Å². The average molecular weight is 278 g/mol. The molecule has 0 aromatic heterocycles. The second kappa shape index (κ2) is 4.92. The molecule has 1 heterocycles. The molecule has 7 heteroatoms. The summed E-state index contributed by atoms with van der Waals surface area (Å²) in [5.74, 6) is 0. The summed E-state index contributed by atoms with van der Waals surface area (Å²) in [5.41, 5.74) is -2.50. The Kier molecular flexibility index (Phi) is 3.92. The van der Waals surface area contributed by atoms with Crippen molar-refractivity contribution in [3.8, 4) is 0 Å². The SMILES string of the molecule is CCOCO[C@@H]1[C@H](O)[C@H](O)O[C@@H]2C(O)C(C)(C)[C@@]21O. The van der Waals surface area contributed by atoms with Gasteiger partial charge in [-0.1, -0.05) is 13.8 Å². The minimum atomic E-state index is -1.58. The largest absolute Gasteiger partial charge is 0.390 e. The third-order valence-corrected chi connectivity index (χ3v) is 4.35. The van der Waals surface area contributed by atoms with Gasteiger partial charge >= 0.3 is 0 Å². The minimum absolute atomic E-state index is 0.119. The van der Waals surface area contributed by atoms with Gasteiger partial charge in [0.1, 0.15) is 30.7 Å². The summed E-state index contributed by atoms with van der Waals surface area (Å²) in [6.07, 6.45) is -5.95. The predicted molar refractivity (Wildman–Crippen MR) is 63.0 cm³/mol. The van der Waals surface area contributed by atoms with E-state index in [1.165, 1.54) is 0 Å². The van der Waals surface area contributed by atoms with Gasteiger partial charge in [0, 0.05) is 12.0 Å². The summed E-state index contributed by atoms with van der Waals surface area (Å²) in [5, 5.41) is 40.3. The summed E-state index contributed by atoms with van der Waals surface area (Å²) in [4.78, 5) is 0. The van der Waals surface area contributed by atoms with Crippen LogP contribution in [0.15, 0.2) is 0 Å². The van der Waals surface area contributed by atoms with Crippen LogP contribution in [-0.4, -0.2) is 70.1 Å². The maximum absolute atomic E-state index is 10.7. The Labute approximate surface area is 111 Å². The van der Waals surface area contributed by atoms with Crippen molar-refractivity contribution in [2.45, 2.75) is 57.1 Å². The fourth-order valence-electron chi connectivity index (χ4n) is 2.90. The lowest BCUT2D eigenvalue weighted by atomic mass is 9.50. The molecule has 0 amide bonds. The van der Waals surface area contributed by atoms with Gasteiger partial charge in [0.15, 0.2) is 6.29 Å². The lowest BCUT2D eigenvalue weighted by Crippen LogP contribution is -2.85. The molecule has 1 unspecified atom stereocenters. The monoisotopic (exact) mass is 278 g/mol. The third kappa shape index (κ3) is 1.92. The molecule has 0 radical (unpaired) electrons. The maximum Gasteiger partial charge on any atom is 0.184 e. The summed E-state index contributed by atoms with van der Waals surface area (Å²) in [6.45, 7) is 5.40. The van der Waals surface area contributed by atoms with Crippen LogP contribution in [0.25, 0.3) is 0 Å². The first-order valence-corrected chi connectivity index (χ1v) is 6.39. The molecule has 2 aliphatic rings. The van der Waals surface area contributed by atoms with Gasteiger partial charge in [-0.25, -0.2) is 0 Å². The van der Waals surface area contributed by atoms with E-state index in [1.807, 2.05) is 0 Å². The highest BCUT2D eigenvalue weighted by Crippen LogP contribution is 2.56. The molecule has 0 aromatic rings. The molecule has 0 aromatic carbocycles. The second-order valence-electron chi connectivity index (χ2n) is 5.63. The molecule has 19 heavy (non-hydrogen) atoms. The van der Waals surface area contributed by atoms with Crippen LogP contribution in [0.1, 0.15) is 20.8 Å². The first-order chi connectivity index (χ1) is 8.78. The molecule has 6 atom stereocenters. The normalized spacial score (nSPS) is 48.5. The van der Waals surface area contributed by atoms with Gasteiger partial charge in [-0.05, 0) is 6.92 Å². The smallest absolute Gasteiger partial charge is 0.184 e. The lowest BCUT2D eigenvalue weighted by Gasteiger charge is -2.66. The van der Waals surface area contributed by atoms with E-state index in [0.717, 1.165) is 0 Å². The van der Waals surface area contributed by atoms with E-state index in [2.05, 4.69) is 0 Å². The topological polar surface area (TPSA) is 109 Å². The van der Waals surface area contributed by atoms with Gasteiger partial charge in [0.2, 0.25) is 0 Å². The molecule has 1 aliphatic heterocycles. The zero-order chi connectivity index (χ0) is 14.4. The third-order valence-electron chi connectivity index (χ3n) is 4.35. The van der Waals surface area contributed by atoms with Crippen LogP contribution in [-0.2, 0) is 14.2 Å². The van der Waals surface area contributed by atoms with Crippen LogP contribution in [0.4, 0.5) is 0 Å². The van der Waals surface area contributed by atoms with Crippen LogP contribution in [0.5, 0.6) is 0 Å². The Hall–Kier alpha value is -0.280. The van der Waals surface area contributed by atoms with Gasteiger partial charge < -0.3 is 34.6 Å². The van der Waals surface area contributed by atoms with Crippen LogP contribution in [0.3, 0.4) is 0 Å². The fourth-order valence-corrected chi connectivity index (χ4v) is 2.90. The molecule has 4 N–H and O–H groups in total. The summed E-state index contributed by atoms with van der Waals surface area (Å²) >= 11 is 0. The molecule has 112 valence electrons. The second-order valence-corrected chi connectivity index (χ2v) is 5.63. The summed E-state index contributed by atoms with van der Waals surface area (Å²) < 4.78 is 15.5. The number of hydrogen-bond acceptors (Lipinski definition) is 7.